The Labute approximate surface area is 89.9 Å². The van der Waals surface area contributed by atoms with Crippen LogP contribution in [0.15, 0.2) is 24.3 Å². The van der Waals surface area contributed by atoms with Crippen LogP contribution in [0.5, 0.6) is 0 Å². The zero-order valence-corrected chi connectivity index (χ0v) is 9.56. The summed E-state index contributed by atoms with van der Waals surface area (Å²) in [5.74, 6) is 1.83. The molecule has 1 nitrogen and oxygen atoms in total. The molecular formula is C12H16OS. The van der Waals surface area contributed by atoms with E-state index in [4.69, 9.17) is 0 Å². The standard InChI is InChI=1S/C12H16OS/c1-3-10-5-7-11(8-6-10)12(13)9-14-4-2/h5-8H,3-4,9H2,1-2H3. The van der Waals surface area contributed by atoms with Gasteiger partial charge in [0.05, 0.1) is 5.75 Å². The highest BCUT2D eigenvalue weighted by Crippen LogP contribution is 2.09. The maximum Gasteiger partial charge on any atom is 0.172 e. The molecule has 0 fully saturated rings. The van der Waals surface area contributed by atoms with E-state index >= 15 is 0 Å². The molecule has 1 rings (SSSR count). The predicted molar refractivity (Wildman–Crippen MR) is 63.1 cm³/mol. The molecule has 0 saturated carbocycles. The van der Waals surface area contributed by atoms with E-state index in [1.165, 1.54) is 5.56 Å². The molecule has 0 heterocycles. The minimum Gasteiger partial charge on any atom is -0.293 e. The Hall–Kier alpha value is -0.760. The fourth-order valence-corrected chi connectivity index (χ4v) is 1.76. The van der Waals surface area contributed by atoms with Crippen LogP contribution in [0.1, 0.15) is 29.8 Å². The van der Waals surface area contributed by atoms with Crippen molar-refractivity contribution in [3.63, 3.8) is 0 Å². The Morgan fingerprint density at radius 3 is 2.36 bits per heavy atom. The third-order valence-electron chi connectivity index (χ3n) is 2.12. The van der Waals surface area contributed by atoms with Crippen molar-refractivity contribution < 1.29 is 4.79 Å². The van der Waals surface area contributed by atoms with Gasteiger partial charge in [0.2, 0.25) is 0 Å². The summed E-state index contributed by atoms with van der Waals surface area (Å²) in [5.41, 5.74) is 2.12. The zero-order chi connectivity index (χ0) is 10.4. The van der Waals surface area contributed by atoms with E-state index < -0.39 is 0 Å². The molecule has 0 saturated heterocycles. The van der Waals surface area contributed by atoms with Crippen LogP contribution in [0.25, 0.3) is 0 Å². The number of Topliss-reactive ketones (excluding diaryl/α,β-unsaturated/α-hetero) is 1. The third kappa shape index (κ3) is 3.18. The second-order valence-electron chi connectivity index (χ2n) is 3.11. The quantitative estimate of drug-likeness (QED) is 0.691. The summed E-state index contributed by atoms with van der Waals surface area (Å²) in [4.78, 5) is 11.6. The van der Waals surface area contributed by atoms with Crippen LogP contribution in [0, 0.1) is 0 Å². The van der Waals surface area contributed by atoms with E-state index in [1.807, 2.05) is 24.3 Å². The molecule has 14 heavy (non-hydrogen) atoms. The van der Waals surface area contributed by atoms with Gasteiger partial charge < -0.3 is 0 Å². The minimum atomic E-state index is 0.236. The SMILES string of the molecule is CCSCC(=O)c1ccc(CC)cc1. The van der Waals surface area contributed by atoms with E-state index in [1.54, 1.807) is 11.8 Å². The van der Waals surface area contributed by atoms with Crippen LogP contribution in [-0.2, 0) is 6.42 Å². The maximum absolute atomic E-state index is 11.6. The highest BCUT2D eigenvalue weighted by Gasteiger charge is 2.04. The van der Waals surface area contributed by atoms with Crippen molar-refractivity contribution in [2.75, 3.05) is 11.5 Å². The molecule has 0 unspecified atom stereocenters. The molecule has 1 aromatic rings. The number of carbonyl (C=O) groups excluding carboxylic acids is 1. The van der Waals surface area contributed by atoms with Crippen molar-refractivity contribution in [3.05, 3.63) is 35.4 Å². The average molecular weight is 208 g/mol. The van der Waals surface area contributed by atoms with Crippen LogP contribution < -0.4 is 0 Å². The van der Waals surface area contributed by atoms with Gasteiger partial charge in [0, 0.05) is 5.56 Å². The Bertz CT molecular complexity index is 290. The van der Waals surface area contributed by atoms with Crippen molar-refractivity contribution in [2.45, 2.75) is 20.3 Å². The third-order valence-corrected chi connectivity index (χ3v) is 3.00. The van der Waals surface area contributed by atoms with Gasteiger partial charge >= 0.3 is 0 Å². The summed E-state index contributed by atoms with van der Waals surface area (Å²) in [5, 5.41) is 0. The first-order valence-corrected chi connectivity index (χ1v) is 6.13. The van der Waals surface area contributed by atoms with Crippen molar-refractivity contribution >= 4 is 17.5 Å². The van der Waals surface area contributed by atoms with Crippen molar-refractivity contribution in [1.29, 1.82) is 0 Å². The summed E-state index contributed by atoms with van der Waals surface area (Å²) in [6, 6.07) is 7.92. The number of thioether (sulfide) groups is 1. The number of benzene rings is 1. The van der Waals surface area contributed by atoms with Crippen LogP contribution in [-0.4, -0.2) is 17.3 Å². The van der Waals surface area contributed by atoms with Gasteiger partial charge in [-0.2, -0.15) is 11.8 Å². The van der Waals surface area contributed by atoms with Gasteiger partial charge in [-0.15, -0.1) is 0 Å². The molecule has 0 aliphatic rings. The van der Waals surface area contributed by atoms with E-state index in [-0.39, 0.29) is 5.78 Å². The number of aryl methyl sites for hydroxylation is 1. The lowest BCUT2D eigenvalue weighted by Crippen LogP contribution is -2.02. The molecule has 0 radical (unpaired) electrons. The van der Waals surface area contributed by atoms with Gasteiger partial charge in [-0.1, -0.05) is 38.1 Å². The molecule has 2 heteroatoms. The van der Waals surface area contributed by atoms with E-state index in [2.05, 4.69) is 13.8 Å². The van der Waals surface area contributed by atoms with Gasteiger partial charge in [-0.25, -0.2) is 0 Å². The normalized spacial score (nSPS) is 10.1. The van der Waals surface area contributed by atoms with Gasteiger partial charge in [0.1, 0.15) is 0 Å². The van der Waals surface area contributed by atoms with Gasteiger partial charge in [-0.3, -0.25) is 4.79 Å². The summed E-state index contributed by atoms with van der Waals surface area (Å²) >= 11 is 1.67. The summed E-state index contributed by atoms with van der Waals surface area (Å²) < 4.78 is 0. The van der Waals surface area contributed by atoms with Crippen LogP contribution >= 0.6 is 11.8 Å². The Morgan fingerprint density at radius 2 is 1.86 bits per heavy atom. The number of hydrogen-bond donors (Lipinski definition) is 0. The van der Waals surface area contributed by atoms with E-state index in [0.29, 0.717) is 5.75 Å². The molecule has 0 atom stereocenters. The Balaban J connectivity index is 2.62. The molecule has 0 N–H and O–H groups in total. The summed E-state index contributed by atoms with van der Waals surface area (Å²) in [6.07, 6.45) is 1.03. The van der Waals surface area contributed by atoms with Crippen LogP contribution in [0.4, 0.5) is 0 Å². The van der Waals surface area contributed by atoms with Gasteiger partial charge in [0.25, 0.3) is 0 Å². The highest BCUT2D eigenvalue weighted by atomic mass is 32.2. The maximum atomic E-state index is 11.6. The first kappa shape index (κ1) is 11.3. The molecule has 0 aliphatic heterocycles. The van der Waals surface area contributed by atoms with Crippen LogP contribution in [0.3, 0.4) is 0 Å². The minimum absolute atomic E-state index is 0.236. The smallest absolute Gasteiger partial charge is 0.172 e. The Morgan fingerprint density at radius 1 is 1.21 bits per heavy atom. The monoisotopic (exact) mass is 208 g/mol. The second kappa shape index (κ2) is 5.86. The molecular weight excluding hydrogens is 192 g/mol. The molecule has 1 aromatic carbocycles. The van der Waals surface area contributed by atoms with E-state index in [0.717, 1.165) is 17.7 Å². The fourth-order valence-electron chi connectivity index (χ4n) is 1.20. The van der Waals surface area contributed by atoms with Crippen LogP contribution in [0.2, 0.25) is 0 Å². The van der Waals surface area contributed by atoms with Gasteiger partial charge in [0.15, 0.2) is 5.78 Å². The number of rotatable bonds is 5. The topological polar surface area (TPSA) is 17.1 Å². The largest absolute Gasteiger partial charge is 0.293 e. The first-order chi connectivity index (χ1) is 6.77. The molecule has 0 aromatic heterocycles. The number of hydrogen-bond acceptors (Lipinski definition) is 2. The van der Waals surface area contributed by atoms with E-state index in [9.17, 15) is 4.79 Å². The number of carbonyl (C=O) groups is 1. The number of ketones is 1. The lowest BCUT2D eigenvalue weighted by molar-refractivity contribution is 0.102. The molecule has 0 spiro atoms. The molecule has 0 aliphatic carbocycles. The zero-order valence-electron chi connectivity index (χ0n) is 8.75. The first-order valence-electron chi connectivity index (χ1n) is 4.97. The lowest BCUT2D eigenvalue weighted by Gasteiger charge is -2.01. The summed E-state index contributed by atoms with van der Waals surface area (Å²) in [7, 11) is 0. The molecule has 0 amide bonds. The Kier molecular flexibility index (Phi) is 4.74. The summed E-state index contributed by atoms with van der Waals surface area (Å²) in [6.45, 7) is 4.18. The molecule has 76 valence electrons. The fraction of sp³-hybridized carbons (Fsp3) is 0.417. The average Bonchev–Trinajstić information content (AvgIpc) is 2.26. The highest BCUT2D eigenvalue weighted by molar-refractivity contribution is 7.99. The van der Waals surface area contributed by atoms with Gasteiger partial charge in [-0.05, 0) is 17.7 Å². The van der Waals surface area contributed by atoms with Crippen molar-refractivity contribution in [2.24, 2.45) is 0 Å². The second-order valence-corrected chi connectivity index (χ2v) is 4.39. The lowest BCUT2D eigenvalue weighted by atomic mass is 10.1. The van der Waals surface area contributed by atoms with Crippen molar-refractivity contribution in [3.8, 4) is 0 Å². The van der Waals surface area contributed by atoms with Crippen molar-refractivity contribution in [1.82, 2.24) is 0 Å². The predicted octanol–water partition coefficient (Wildman–Crippen LogP) is 3.18. The molecule has 0 bridgehead atoms.